The molecule has 0 bridgehead atoms. The zero-order valence-electron chi connectivity index (χ0n) is 8.59. The maximum atomic E-state index is 14.2. The standard InChI is InChI=1S/C11H16FNO/c1-3-11(12,8-13)9-6-4-5-7-10(9)14-2/h4-7H,3,8,13H2,1-2H3. The number of benzene rings is 1. The highest BCUT2D eigenvalue weighted by Gasteiger charge is 2.30. The van der Waals surface area contributed by atoms with Crippen LogP contribution in [-0.2, 0) is 5.67 Å². The summed E-state index contributed by atoms with van der Waals surface area (Å²) in [6.07, 6.45) is 0.351. The number of hydrogen-bond donors (Lipinski definition) is 1. The Morgan fingerprint density at radius 3 is 2.57 bits per heavy atom. The van der Waals surface area contributed by atoms with E-state index in [0.29, 0.717) is 17.7 Å². The SMILES string of the molecule is CCC(F)(CN)c1ccccc1OC. The van der Waals surface area contributed by atoms with Crippen LogP contribution in [0.1, 0.15) is 18.9 Å². The van der Waals surface area contributed by atoms with Crippen LogP contribution in [0.15, 0.2) is 24.3 Å². The molecule has 0 heterocycles. The molecule has 1 aromatic carbocycles. The van der Waals surface area contributed by atoms with Crippen LogP contribution < -0.4 is 10.5 Å². The topological polar surface area (TPSA) is 35.2 Å². The molecule has 0 spiro atoms. The van der Waals surface area contributed by atoms with Crippen molar-refractivity contribution in [3.05, 3.63) is 29.8 Å². The largest absolute Gasteiger partial charge is 0.496 e. The fraction of sp³-hybridized carbons (Fsp3) is 0.455. The highest BCUT2D eigenvalue weighted by Crippen LogP contribution is 2.34. The summed E-state index contributed by atoms with van der Waals surface area (Å²) in [6, 6.07) is 7.07. The number of halogens is 1. The Labute approximate surface area is 83.9 Å². The average Bonchev–Trinajstić information content (AvgIpc) is 2.28. The molecule has 0 radical (unpaired) electrons. The van der Waals surface area contributed by atoms with Crippen molar-refractivity contribution in [1.29, 1.82) is 0 Å². The van der Waals surface area contributed by atoms with Gasteiger partial charge in [0.15, 0.2) is 5.67 Å². The lowest BCUT2D eigenvalue weighted by atomic mass is 9.92. The normalized spacial score (nSPS) is 14.9. The second kappa shape index (κ2) is 4.42. The van der Waals surface area contributed by atoms with Crippen molar-refractivity contribution < 1.29 is 9.13 Å². The van der Waals surface area contributed by atoms with Crippen LogP contribution in [0.25, 0.3) is 0 Å². The minimum Gasteiger partial charge on any atom is -0.496 e. The first kappa shape index (κ1) is 11.0. The molecule has 2 nitrogen and oxygen atoms in total. The van der Waals surface area contributed by atoms with Gasteiger partial charge in [-0.3, -0.25) is 0 Å². The number of ether oxygens (including phenoxy) is 1. The summed E-state index contributed by atoms with van der Waals surface area (Å²) in [6.45, 7) is 1.75. The van der Waals surface area contributed by atoms with E-state index in [2.05, 4.69) is 0 Å². The van der Waals surface area contributed by atoms with Gasteiger partial charge in [-0.25, -0.2) is 4.39 Å². The molecule has 0 aliphatic carbocycles. The monoisotopic (exact) mass is 197 g/mol. The zero-order chi connectivity index (χ0) is 10.6. The van der Waals surface area contributed by atoms with E-state index >= 15 is 0 Å². The van der Waals surface area contributed by atoms with E-state index in [0.717, 1.165) is 0 Å². The first-order valence-corrected chi connectivity index (χ1v) is 4.70. The number of rotatable bonds is 4. The Bertz CT molecular complexity index is 297. The van der Waals surface area contributed by atoms with E-state index in [4.69, 9.17) is 10.5 Å². The fourth-order valence-electron chi connectivity index (χ4n) is 1.46. The van der Waals surface area contributed by atoms with Gasteiger partial charge in [0, 0.05) is 12.1 Å². The summed E-state index contributed by atoms with van der Waals surface area (Å²) in [5.74, 6) is 0.558. The molecule has 2 N–H and O–H groups in total. The predicted octanol–water partition coefficient (Wildman–Crippen LogP) is 2.23. The van der Waals surface area contributed by atoms with Crippen LogP contribution in [0.4, 0.5) is 4.39 Å². The molecular formula is C11H16FNO. The Kier molecular flexibility index (Phi) is 3.47. The highest BCUT2D eigenvalue weighted by atomic mass is 19.1. The summed E-state index contributed by atoms with van der Waals surface area (Å²) < 4.78 is 19.3. The summed E-state index contributed by atoms with van der Waals surface area (Å²) in [5.41, 5.74) is 4.50. The maximum Gasteiger partial charge on any atom is 0.151 e. The van der Waals surface area contributed by atoms with Gasteiger partial charge in [0.25, 0.3) is 0 Å². The van der Waals surface area contributed by atoms with Crippen LogP contribution in [0, 0.1) is 0 Å². The van der Waals surface area contributed by atoms with Gasteiger partial charge in [-0.1, -0.05) is 25.1 Å². The molecule has 0 aromatic heterocycles. The lowest BCUT2D eigenvalue weighted by Gasteiger charge is -2.24. The van der Waals surface area contributed by atoms with Gasteiger partial charge in [-0.2, -0.15) is 0 Å². The second-order valence-electron chi connectivity index (χ2n) is 3.22. The maximum absolute atomic E-state index is 14.2. The lowest BCUT2D eigenvalue weighted by molar-refractivity contribution is 0.163. The van der Waals surface area contributed by atoms with Gasteiger partial charge < -0.3 is 10.5 Å². The van der Waals surface area contributed by atoms with E-state index in [-0.39, 0.29) is 6.54 Å². The van der Waals surface area contributed by atoms with E-state index in [1.54, 1.807) is 25.1 Å². The summed E-state index contributed by atoms with van der Waals surface area (Å²) in [5, 5.41) is 0. The second-order valence-corrected chi connectivity index (χ2v) is 3.22. The van der Waals surface area contributed by atoms with Crippen molar-refractivity contribution in [2.75, 3.05) is 13.7 Å². The average molecular weight is 197 g/mol. The van der Waals surface area contributed by atoms with Crippen molar-refractivity contribution in [2.45, 2.75) is 19.0 Å². The third-order valence-electron chi connectivity index (χ3n) is 2.47. The van der Waals surface area contributed by atoms with Gasteiger partial charge in [-0.15, -0.1) is 0 Å². The molecule has 78 valence electrons. The van der Waals surface area contributed by atoms with Crippen LogP contribution in [-0.4, -0.2) is 13.7 Å². The van der Waals surface area contributed by atoms with Gasteiger partial charge in [0.2, 0.25) is 0 Å². The van der Waals surface area contributed by atoms with Crippen molar-refractivity contribution in [3.63, 3.8) is 0 Å². The molecule has 1 aromatic rings. The quantitative estimate of drug-likeness (QED) is 0.803. The number of hydrogen-bond acceptors (Lipinski definition) is 2. The minimum atomic E-state index is -1.48. The smallest absolute Gasteiger partial charge is 0.151 e. The lowest BCUT2D eigenvalue weighted by Crippen LogP contribution is -2.29. The number of alkyl halides is 1. The summed E-state index contributed by atoms with van der Waals surface area (Å²) in [7, 11) is 1.53. The summed E-state index contributed by atoms with van der Waals surface area (Å²) >= 11 is 0. The highest BCUT2D eigenvalue weighted by molar-refractivity contribution is 5.38. The van der Waals surface area contributed by atoms with Gasteiger partial charge >= 0.3 is 0 Å². The molecule has 0 aliphatic rings. The molecule has 0 amide bonds. The van der Waals surface area contributed by atoms with Crippen molar-refractivity contribution >= 4 is 0 Å². The number of para-hydroxylation sites is 1. The first-order valence-electron chi connectivity index (χ1n) is 4.70. The van der Waals surface area contributed by atoms with Crippen molar-refractivity contribution in [3.8, 4) is 5.75 Å². The molecule has 1 rings (SSSR count). The van der Waals surface area contributed by atoms with Gasteiger partial charge in [0.1, 0.15) is 5.75 Å². The van der Waals surface area contributed by atoms with Gasteiger partial charge in [0.05, 0.1) is 7.11 Å². The first-order chi connectivity index (χ1) is 6.68. The predicted molar refractivity (Wildman–Crippen MR) is 55.1 cm³/mol. The zero-order valence-corrected chi connectivity index (χ0v) is 8.59. The molecule has 0 saturated heterocycles. The molecule has 0 fully saturated rings. The fourth-order valence-corrected chi connectivity index (χ4v) is 1.46. The molecule has 3 heteroatoms. The Balaban J connectivity index is 3.15. The van der Waals surface area contributed by atoms with E-state index in [9.17, 15) is 4.39 Å². The molecule has 0 aliphatic heterocycles. The van der Waals surface area contributed by atoms with Crippen molar-refractivity contribution in [2.24, 2.45) is 5.73 Å². The molecule has 14 heavy (non-hydrogen) atoms. The Morgan fingerprint density at radius 1 is 1.43 bits per heavy atom. The molecule has 1 atom stereocenters. The molecule has 0 saturated carbocycles. The minimum absolute atomic E-state index is 0.0239. The van der Waals surface area contributed by atoms with Crippen LogP contribution >= 0.6 is 0 Å². The van der Waals surface area contributed by atoms with Crippen LogP contribution in [0.2, 0.25) is 0 Å². The Morgan fingerprint density at radius 2 is 2.07 bits per heavy atom. The number of nitrogens with two attached hydrogens (primary N) is 1. The van der Waals surface area contributed by atoms with Crippen LogP contribution in [0.3, 0.4) is 0 Å². The number of methoxy groups -OCH3 is 1. The van der Waals surface area contributed by atoms with E-state index in [1.807, 2.05) is 6.07 Å². The Hall–Kier alpha value is -1.09. The summed E-state index contributed by atoms with van der Waals surface area (Å²) in [4.78, 5) is 0. The van der Waals surface area contributed by atoms with Crippen molar-refractivity contribution in [1.82, 2.24) is 0 Å². The van der Waals surface area contributed by atoms with Gasteiger partial charge in [-0.05, 0) is 12.5 Å². The van der Waals surface area contributed by atoms with Crippen LogP contribution in [0.5, 0.6) is 5.75 Å². The van der Waals surface area contributed by atoms with E-state index in [1.165, 1.54) is 7.11 Å². The van der Waals surface area contributed by atoms with E-state index < -0.39 is 5.67 Å². The molecular weight excluding hydrogens is 181 g/mol. The third-order valence-corrected chi connectivity index (χ3v) is 2.47. The third kappa shape index (κ3) is 1.87. The molecule has 1 unspecified atom stereocenters.